The molecule has 1 aromatic carbocycles. The van der Waals surface area contributed by atoms with Crippen LogP contribution in [0.2, 0.25) is 0 Å². The Morgan fingerprint density at radius 1 is 1.12 bits per heavy atom. The number of nitrogens with zero attached hydrogens (tertiary/aromatic N) is 1. The number of carbonyl (C=O) groups excluding carboxylic acids is 2. The molecule has 6 nitrogen and oxygen atoms in total. The summed E-state index contributed by atoms with van der Waals surface area (Å²) in [7, 11) is 0. The van der Waals surface area contributed by atoms with E-state index in [2.05, 4.69) is 15.6 Å². The number of carbonyl (C=O) groups is 2. The molecule has 0 spiro atoms. The van der Waals surface area contributed by atoms with Crippen molar-refractivity contribution < 1.29 is 14.3 Å². The van der Waals surface area contributed by atoms with E-state index in [-0.39, 0.29) is 12.0 Å². The first kappa shape index (κ1) is 19.9. The second kappa shape index (κ2) is 11.3. The topological polar surface area (TPSA) is 80.3 Å². The maximum atomic E-state index is 11.9. The van der Waals surface area contributed by atoms with Crippen molar-refractivity contribution in [2.45, 2.75) is 39.0 Å². The van der Waals surface area contributed by atoms with Crippen molar-refractivity contribution in [2.75, 3.05) is 18.5 Å². The molecule has 2 aromatic rings. The third kappa shape index (κ3) is 7.23. The van der Waals surface area contributed by atoms with Gasteiger partial charge in [-0.3, -0.25) is 10.1 Å². The van der Waals surface area contributed by atoms with E-state index in [0.717, 1.165) is 36.1 Å². The lowest BCUT2D eigenvalue weighted by Crippen LogP contribution is -2.29. The van der Waals surface area contributed by atoms with Gasteiger partial charge in [-0.25, -0.2) is 9.78 Å². The average Bonchev–Trinajstić information content (AvgIpc) is 3.10. The molecule has 1 aromatic heterocycles. The molecule has 140 valence electrons. The van der Waals surface area contributed by atoms with E-state index < -0.39 is 0 Å². The summed E-state index contributed by atoms with van der Waals surface area (Å²) >= 11 is 1.44. The number of thiazole rings is 1. The highest BCUT2D eigenvalue weighted by Gasteiger charge is 2.07. The van der Waals surface area contributed by atoms with Gasteiger partial charge in [-0.2, -0.15) is 0 Å². The number of esters is 1. The van der Waals surface area contributed by atoms with Crippen LogP contribution >= 0.6 is 11.3 Å². The van der Waals surface area contributed by atoms with Crippen LogP contribution in [0.15, 0.2) is 36.5 Å². The zero-order valence-electron chi connectivity index (χ0n) is 15.0. The number of rotatable bonds is 10. The average molecular weight is 375 g/mol. The summed E-state index contributed by atoms with van der Waals surface area (Å²) in [5.41, 5.74) is 1.08. The van der Waals surface area contributed by atoms with Gasteiger partial charge in [0.25, 0.3) is 0 Å². The molecular weight excluding hydrogens is 350 g/mol. The number of anilines is 1. The maximum Gasteiger partial charge on any atom is 0.321 e. The molecule has 0 bridgehead atoms. The molecule has 0 unspecified atom stereocenters. The lowest BCUT2D eigenvalue weighted by atomic mass is 10.1. The highest BCUT2D eigenvalue weighted by atomic mass is 32.1. The molecule has 1 heterocycles. The Labute approximate surface area is 158 Å². The van der Waals surface area contributed by atoms with E-state index >= 15 is 0 Å². The van der Waals surface area contributed by atoms with Gasteiger partial charge in [-0.05, 0) is 25.3 Å². The van der Waals surface area contributed by atoms with E-state index in [4.69, 9.17) is 4.74 Å². The normalized spacial score (nSPS) is 10.3. The smallest absolute Gasteiger partial charge is 0.321 e. The Balaban J connectivity index is 1.58. The Kier molecular flexibility index (Phi) is 8.62. The van der Waals surface area contributed by atoms with Gasteiger partial charge in [0.15, 0.2) is 5.13 Å². The van der Waals surface area contributed by atoms with Crippen molar-refractivity contribution >= 4 is 28.5 Å². The molecule has 0 fully saturated rings. The van der Waals surface area contributed by atoms with Crippen LogP contribution in [0, 0.1) is 0 Å². The van der Waals surface area contributed by atoms with Crippen molar-refractivity contribution in [1.29, 1.82) is 0 Å². The van der Waals surface area contributed by atoms with Crippen LogP contribution in [-0.4, -0.2) is 30.1 Å². The predicted molar refractivity (Wildman–Crippen MR) is 104 cm³/mol. The summed E-state index contributed by atoms with van der Waals surface area (Å²) in [5.74, 6) is -0.136. The Hall–Kier alpha value is -2.41. The Morgan fingerprint density at radius 2 is 1.88 bits per heavy atom. The highest BCUT2D eigenvalue weighted by Crippen LogP contribution is 2.28. The molecule has 0 atom stereocenters. The van der Waals surface area contributed by atoms with Crippen molar-refractivity contribution in [2.24, 2.45) is 0 Å². The summed E-state index contributed by atoms with van der Waals surface area (Å²) < 4.78 is 4.88. The molecule has 2 amide bonds. The SMILES string of the molecule is CCOC(=O)CCCCCCNC(=O)Nc1ncc(-c2ccccc2)s1. The van der Waals surface area contributed by atoms with Crippen molar-refractivity contribution in [3.8, 4) is 10.4 Å². The first-order chi connectivity index (χ1) is 12.7. The first-order valence-corrected chi connectivity index (χ1v) is 9.72. The van der Waals surface area contributed by atoms with E-state index in [9.17, 15) is 9.59 Å². The molecule has 0 aliphatic rings. The number of ether oxygens (including phenoxy) is 1. The van der Waals surface area contributed by atoms with Crippen LogP contribution in [-0.2, 0) is 9.53 Å². The molecular formula is C19H25N3O3S. The number of aromatic nitrogens is 1. The van der Waals surface area contributed by atoms with Crippen molar-refractivity contribution in [3.05, 3.63) is 36.5 Å². The minimum absolute atomic E-state index is 0.136. The van der Waals surface area contributed by atoms with Gasteiger partial charge in [-0.15, -0.1) is 0 Å². The monoisotopic (exact) mass is 375 g/mol. The maximum absolute atomic E-state index is 11.9. The fourth-order valence-electron chi connectivity index (χ4n) is 2.39. The Bertz CT molecular complexity index is 688. The summed E-state index contributed by atoms with van der Waals surface area (Å²) in [6, 6.07) is 9.70. The number of benzene rings is 1. The van der Waals surface area contributed by atoms with Crippen LogP contribution in [0.25, 0.3) is 10.4 Å². The third-order valence-corrected chi connectivity index (χ3v) is 4.64. The van der Waals surface area contributed by atoms with Crippen LogP contribution in [0.3, 0.4) is 0 Å². The van der Waals surface area contributed by atoms with Gasteiger partial charge >= 0.3 is 12.0 Å². The second-order valence-corrected chi connectivity index (χ2v) is 6.78. The molecule has 0 aliphatic carbocycles. The van der Waals surface area contributed by atoms with Gasteiger partial charge in [0, 0.05) is 19.2 Å². The van der Waals surface area contributed by atoms with E-state index in [1.807, 2.05) is 37.3 Å². The standard InChI is InChI=1S/C19H25N3O3S/c1-2-25-17(23)12-8-3-4-9-13-20-18(24)22-19-21-14-16(26-19)15-10-6-5-7-11-15/h5-7,10-11,14H,2-4,8-9,12-13H2,1H3,(H2,20,21,22,24). The van der Waals surface area contributed by atoms with Crippen LogP contribution in [0.4, 0.5) is 9.93 Å². The minimum Gasteiger partial charge on any atom is -0.466 e. The number of hydrogen-bond acceptors (Lipinski definition) is 5. The lowest BCUT2D eigenvalue weighted by Gasteiger charge is -2.05. The van der Waals surface area contributed by atoms with Crippen LogP contribution < -0.4 is 10.6 Å². The van der Waals surface area contributed by atoms with Gasteiger partial charge in [0.1, 0.15) is 0 Å². The number of unbranched alkanes of at least 4 members (excludes halogenated alkanes) is 3. The lowest BCUT2D eigenvalue weighted by molar-refractivity contribution is -0.143. The zero-order chi connectivity index (χ0) is 18.6. The summed E-state index contributed by atoms with van der Waals surface area (Å²) in [4.78, 5) is 28.3. The van der Waals surface area contributed by atoms with Crippen molar-refractivity contribution in [3.63, 3.8) is 0 Å². The number of urea groups is 1. The molecule has 0 aliphatic heterocycles. The number of amides is 2. The first-order valence-electron chi connectivity index (χ1n) is 8.90. The highest BCUT2D eigenvalue weighted by molar-refractivity contribution is 7.19. The van der Waals surface area contributed by atoms with Gasteiger partial charge in [0.2, 0.25) is 0 Å². The fraction of sp³-hybridized carbons (Fsp3) is 0.421. The Morgan fingerprint density at radius 3 is 2.65 bits per heavy atom. The van der Waals surface area contributed by atoms with Crippen molar-refractivity contribution in [1.82, 2.24) is 10.3 Å². The summed E-state index contributed by atoms with van der Waals surface area (Å²) in [6.45, 7) is 2.84. The van der Waals surface area contributed by atoms with Gasteiger partial charge < -0.3 is 10.1 Å². The van der Waals surface area contributed by atoms with E-state index in [0.29, 0.717) is 24.7 Å². The quantitative estimate of drug-likeness (QED) is 0.475. The fourth-order valence-corrected chi connectivity index (χ4v) is 3.21. The van der Waals surface area contributed by atoms with Crippen LogP contribution in [0.1, 0.15) is 39.0 Å². The van der Waals surface area contributed by atoms with E-state index in [1.165, 1.54) is 11.3 Å². The molecule has 26 heavy (non-hydrogen) atoms. The van der Waals surface area contributed by atoms with E-state index in [1.54, 1.807) is 6.20 Å². The predicted octanol–water partition coefficient (Wildman–Crippen LogP) is 4.45. The largest absolute Gasteiger partial charge is 0.466 e. The molecule has 2 N–H and O–H groups in total. The number of hydrogen-bond donors (Lipinski definition) is 2. The minimum atomic E-state index is -0.245. The molecule has 0 radical (unpaired) electrons. The third-order valence-electron chi connectivity index (χ3n) is 3.68. The summed E-state index contributed by atoms with van der Waals surface area (Å²) in [6.07, 6.45) is 5.86. The molecule has 7 heteroatoms. The second-order valence-electron chi connectivity index (χ2n) is 5.75. The molecule has 2 rings (SSSR count). The van der Waals surface area contributed by atoms with Gasteiger partial charge in [-0.1, -0.05) is 54.5 Å². The molecule has 0 saturated heterocycles. The number of nitrogens with one attached hydrogen (secondary N) is 2. The summed E-state index contributed by atoms with van der Waals surface area (Å²) in [5, 5.41) is 6.16. The zero-order valence-corrected chi connectivity index (χ0v) is 15.8. The molecule has 0 saturated carbocycles. The van der Waals surface area contributed by atoms with Gasteiger partial charge in [0.05, 0.1) is 11.5 Å². The van der Waals surface area contributed by atoms with Crippen LogP contribution in [0.5, 0.6) is 0 Å².